The first-order valence-electron chi connectivity index (χ1n) is 4.41. The van der Waals surface area contributed by atoms with Gasteiger partial charge in [-0.25, -0.2) is 0 Å². The maximum atomic E-state index is 9.70. The first-order chi connectivity index (χ1) is 6.56. The molecule has 0 spiro atoms. The lowest BCUT2D eigenvalue weighted by Gasteiger charge is -2.14. The molecule has 0 saturated heterocycles. The number of aliphatic hydroxyl groups excluding tert-OH is 1. The van der Waals surface area contributed by atoms with Gasteiger partial charge in [-0.15, -0.1) is 0 Å². The van der Waals surface area contributed by atoms with Crippen molar-refractivity contribution in [2.24, 2.45) is 5.73 Å². The number of halogens is 1. The van der Waals surface area contributed by atoms with Crippen molar-refractivity contribution in [2.75, 3.05) is 6.61 Å². The van der Waals surface area contributed by atoms with Gasteiger partial charge in [0.2, 0.25) is 0 Å². The molecule has 78 valence electrons. The SMILES string of the molecule is Cc1cc(Cl)cc([C@@H](N)CCO)c1O. The summed E-state index contributed by atoms with van der Waals surface area (Å²) in [4.78, 5) is 0. The highest BCUT2D eigenvalue weighted by molar-refractivity contribution is 6.30. The molecule has 0 bridgehead atoms. The van der Waals surface area contributed by atoms with Crippen LogP contribution in [-0.4, -0.2) is 16.8 Å². The van der Waals surface area contributed by atoms with Gasteiger partial charge in [0, 0.05) is 23.2 Å². The molecule has 1 aromatic rings. The minimum Gasteiger partial charge on any atom is -0.507 e. The van der Waals surface area contributed by atoms with Crippen LogP contribution in [-0.2, 0) is 0 Å². The molecule has 0 saturated carbocycles. The van der Waals surface area contributed by atoms with E-state index in [1.54, 1.807) is 19.1 Å². The molecule has 0 amide bonds. The summed E-state index contributed by atoms with van der Waals surface area (Å²) >= 11 is 5.84. The summed E-state index contributed by atoms with van der Waals surface area (Å²) in [5.41, 5.74) is 7.05. The summed E-state index contributed by atoms with van der Waals surface area (Å²) in [5.74, 6) is 0.162. The van der Waals surface area contributed by atoms with Crippen LogP contribution >= 0.6 is 11.6 Å². The Morgan fingerprint density at radius 2 is 2.14 bits per heavy atom. The molecule has 1 atom stereocenters. The molecule has 4 N–H and O–H groups in total. The maximum Gasteiger partial charge on any atom is 0.123 e. The van der Waals surface area contributed by atoms with E-state index in [-0.39, 0.29) is 18.4 Å². The Labute approximate surface area is 88.1 Å². The van der Waals surface area contributed by atoms with Crippen LogP contribution in [0.2, 0.25) is 5.02 Å². The van der Waals surface area contributed by atoms with Crippen molar-refractivity contribution in [3.8, 4) is 5.75 Å². The quantitative estimate of drug-likeness (QED) is 0.720. The highest BCUT2D eigenvalue weighted by atomic mass is 35.5. The fraction of sp³-hybridized carbons (Fsp3) is 0.400. The Balaban J connectivity index is 3.07. The molecule has 0 unspecified atom stereocenters. The number of benzene rings is 1. The first-order valence-corrected chi connectivity index (χ1v) is 4.79. The van der Waals surface area contributed by atoms with Crippen molar-refractivity contribution in [2.45, 2.75) is 19.4 Å². The van der Waals surface area contributed by atoms with Crippen LogP contribution in [0.3, 0.4) is 0 Å². The minimum atomic E-state index is -0.377. The van der Waals surface area contributed by atoms with Gasteiger partial charge < -0.3 is 15.9 Å². The number of phenolic OH excluding ortho intramolecular Hbond substituents is 1. The Bertz CT molecular complexity index is 328. The van der Waals surface area contributed by atoms with E-state index >= 15 is 0 Å². The summed E-state index contributed by atoms with van der Waals surface area (Å²) in [7, 11) is 0. The average Bonchev–Trinajstić information content (AvgIpc) is 2.11. The second-order valence-corrected chi connectivity index (χ2v) is 3.72. The third-order valence-electron chi connectivity index (χ3n) is 2.13. The third-order valence-corrected chi connectivity index (χ3v) is 2.35. The van der Waals surface area contributed by atoms with Gasteiger partial charge >= 0.3 is 0 Å². The van der Waals surface area contributed by atoms with Crippen LogP contribution in [0.5, 0.6) is 5.75 Å². The van der Waals surface area contributed by atoms with E-state index in [0.29, 0.717) is 22.6 Å². The summed E-state index contributed by atoms with van der Waals surface area (Å²) < 4.78 is 0. The molecule has 0 aliphatic heterocycles. The fourth-order valence-corrected chi connectivity index (χ4v) is 1.62. The smallest absolute Gasteiger partial charge is 0.123 e. The Morgan fingerprint density at radius 1 is 1.50 bits per heavy atom. The van der Waals surface area contributed by atoms with Gasteiger partial charge in [-0.2, -0.15) is 0 Å². The highest BCUT2D eigenvalue weighted by Crippen LogP contribution is 2.31. The molecule has 14 heavy (non-hydrogen) atoms. The zero-order chi connectivity index (χ0) is 10.7. The molecular weight excluding hydrogens is 202 g/mol. The van der Waals surface area contributed by atoms with Gasteiger partial charge in [0.25, 0.3) is 0 Å². The Hall–Kier alpha value is -0.770. The predicted molar refractivity (Wildman–Crippen MR) is 56.5 cm³/mol. The molecule has 1 rings (SSSR count). The van der Waals surface area contributed by atoms with E-state index in [4.69, 9.17) is 22.4 Å². The fourth-order valence-electron chi connectivity index (χ4n) is 1.34. The van der Waals surface area contributed by atoms with Gasteiger partial charge in [-0.1, -0.05) is 11.6 Å². The van der Waals surface area contributed by atoms with Crippen molar-refractivity contribution in [1.29, 1.82) is 0 Å². The largest absolute Gasteiger partial charge is 0.507 e. The van der Waals surface area contributed by atoms with E-state index in [2.05, 4.69) is 0 Å². The maximum absolute atomic E-state index is 9.70. The van der Waals surface area contributed by atoms with Crippen molar-refractivity contribution in [3.63, 3.8) is 0 Å². The second-order valence-electron chi connectivity index (χ2n) is 3.28. The third kappa shape index (κ3) is 2.38. The molecule has 0 aliphatic carbocycles. The van der Waals surface area contributed by atoms with Gasteiger partial charge in [-0.05, 0) is 31.0 Å². The number of hydrogen-bond donors (Lipinski definition) is 3. The van der Waals surface area contributed by atoms with Gasteiger partial charge in [0.05, 0.1) is 0 Å². The highest BCUT2D eigenvalue weighted by Gasteiger charge is 2.13. The number of nitrogens with two attached hydrogens (primary N) is 1. The molecule has 1 aromatic carbocycles. The van der Waals surface area contributed by atoms with Crippen molar-refractivity contribution >= 4 is 11.6 Å². The van der Waals surface area contributed by atoms with E-state index in [1.807, 2.05) is 0 Å². The number of aliphatic hydroxyl groups is 1. The standard InChI is InChI=1S/C10H14ClNO2/c1-6-4-7(11)5-8(10(6)14)9(12)2-3-13/h4-5,9,13-14H,2-3,12H2,1H3/t9-/m0/s1. The number of phenols is 1. The summed E-state index contributed by atoms with van der Waals surface area (Å²) in [6, 6.07) is 2.92. The normalized spacial score (nSPS) is 12.9. The molecule has 0 heterocycles. The molecule has 4 heteroatoms. The number of hydrogen-bond acceptors (Lipinski definition) is 3. The van der Waals surface area contributed by atoms with Crippen molar-refractivity contribution in [1.82, 2.24) is 0 Å². The summed E-state index contributed by atoms with van der Waals surface area (Å²) in [6.07, 6.45) is 0.410. The predicted octanol–water partition coefficient (Wildman–Crippen LogP) is 1.74. The van der Waals surface area contributed by atoms with E-state index in [0.717, 1.165) is 0 Å². The van der Waals surface area contributed by atoms with Crippen LogP contribution in [0.25, 0.3) is 0 Å². The zero-order valence-electron chi connectivity index (χ0n) is 8.00. The lowest BCUT2D eigenvalue weighted by molar-refractivity contribution is 0.275. The van der Waals surface area contributed by atoms with Crippen molar-refractivity contribution < 1.29 is 10.2 Å². The lowest BCUT2D eigenvalue weighted by Crippen LogP contribution is -2.12. The van der Waals surface area contributed by atoms with Gasteiger partial charge in [0.15, 0.2) is 0 Å². The minimum absolute atomic E-state index is 0.00777. The van der Waals surface area contributed by atoms with E-state index in [1.165, 1.54) is 0 Å². The molecular formula is C10H14ClNO2. The van der Waals surface area contributed by atoms with Gasteiger partial charge in [0.1, 0.15) is 5.75 Å². The molecule has 0 aromatic heterocycles. The number of aromatic hydroxyl groups is 1. The Morgan fingerprint density at radius 3 is 2.71 bits per heavy atom. The average molecular weight is 216 g/mol. The summed E-state index contributed by atoms with van der Waals surface area (Å²) in [6.45, 7) is 1.75. The molecule has 3 nitrogen and oxygen atoms in total. The monoisotopic (exact) mass is 215 g/mol. The number of rotatable bonds is 3. The topological polar surface area (TPSA) is 66.5 Å². The van der Waals surface area contributed by atoms with Crippen LogP contribution in [0.4, 0.5) is 0 Å². The molecule has 0 fully saturated rings. The zero-order valence-corrected chi connectivity index (χ0v) is 8.75. The van der Waals surface area contributed by atoms with Crippen LogP contribution in [0.1, 0.15) is 23.6 Å². The van der Waals surface area contributed by atoms with Crippen LogP contribution in [0, 0.1) is 6.92 Å². The lowest BCUT2D eigenvalue weighted by atomic mass is 10.0. The molecule has 0 radical (unpaired) electrons. The van der Waals surface area contributed by atoms with E-state index < -0.39 is 0 Å². The Kier molecular flexibility index (Phi) is 3.75. The van der Waals surface area contributed by atoms with Crippen LogP contribution < -0.4 is 5.73 Å². The van der Waals surface area contributed by atoms with Gasteiger partial charge in [-0.3, -0.25) is 0 Å². The molecule has 0 aliphatic rings. The van der Waals surface area contributed by atoms with Crippen molar-refractivity contribution in [3.05, 3.63) is 28.3 Å². The first kappa shape index (κ1) is 11.3. The summed E-state index contributed by atoms with van der Waals surface area (Å²) in [5, 5.41) is 19.0. The van der Waals surface area contributed by atoms with Crippen LogP contribution in [0.15, 0.2) is 12.1 Å². The number of aryl methyl sites for hydroxylation is 1. The van der Waals surface area contributed by atoms with E-state index in [9.17, 15) is 5.11 Å². The second kappa shape index (κ2) is 4.64.